The van der Waals surface area contributed by atoms with E-state index in [2.05, 4.69) is 36.5 Å². The fourth-order valence-electron chi connectivity index (χ4n) is 3.30. The fourth-order valence-corrected chi connectivity index (χ4v) is 3.30. The maximum absolute atomic E-state index is 11.7. The van der Waals surface area contributed by atoms with E-state index >= 15 is 0 Å². The Balaban J connectivity index is 2.04. The third-order valence-corrected chi connectivity index (χ3v) is 4.15. The van der Waals surface area contributed by atoms with Crippen LogP contribution in [0.25, 0.3) is 0 Å². The number of carbonyl (C=O) groups is 1. The highest BCUT2D eigenvalue weighted by molar-refractivity contribution is 5.79. The van der Waals surface area contributed by atoms with Gasteiger partial charge in [0.1, 0.15) is 6.61 Å². The Morgan fingerprint density at radius 3 is 3.11 bits per heavy atom. The van der Waals surface area contributed by atoms with Gasteiger partial charge in [-0.3, -0.25) is 4.79 Å². The molecule has 1 saturated heterocycles. The Morgan fingerprint density at radius 1 is 1.39 bits per heavy atom. The molecular weight excluding hydrogens is 226 g/mol. The summed E-state index contributed by atoms with van der Waals surface area (Å²) in [7, 11) is 0. The number of nitrogens with one attached hydrogen (secondary N) is 1. The van der Waals surface area contributed by atoms with Crippen LogP contribution < -0.4 is 5.32 Å². The van der Waals surface area contributed by atoms with Gasteiger partial charge in [0.15, 0.2) is 0 Å². The van der Waals surface area contributed by atoms with E-state index in [0.29, 0.717) is 0 Å². The van der Waals surface area contributed by atoms with E-state index < -0.39 is 0 Å². The van der Waals surface area contributed by atoms with Crippen LogP contribution in [0, 0.1) is 6.92 Å². The standard InChI is InChI=1S/C15H19NO2/c1-11-5-4-6-12(9-11)15-8-3-2-7-13(15)18-10-14(17)16-15/h4-6,9,13H,2-3,7-8,10H2,1H3,(H,16,17). The number of fused-ring (bicyclic) bond motifs is 1. The van der Waals surface area contributed by atoms with Gasteiger partial charge in [0.2, 0.25) is 5.91 Å². The number of benzene rings is 1. The lowest BCUT2D eigenvalue weighted by atomic mass is 9.73. The van der Waals surface area contributed by atoms with E-state index in [9.17, 15) is 4.79 Å². The highest BCUT2D eigenvalue weighted by Crippen LogP contribution is 2.40. The second-order valence-corrected chi connectivity index (χ2v) is 5.43. The summed E-state index contributed by atoms with van der Waals surface area (Å²) in [5.74, 6) is 0.00894. The average molecular weight is 245 g/mol. The van der Waals surface area contributed by atoms with Crippen molar-refractivity contribution in [1.82, 2.24) is 5.32 Å². The Kier molecular flexibility index (Phi) is 2.86. The van der Waals surface area contributed by atoms with Crippen molar-refractivity contribution in [3.63, 3.8) is 0 Å². The Labute approximate surface area is 108 Å². The third-order valence-electron chi connectivity index (χ3n) is 4.15. The molecule has 2 unspecified atom stereocenters. The quantitative estimate of drug-likeness (QED) is 0.824. The van der Waals surface area contributed by atoms with Gasteiger partial charge in [-0.1, -0.05) is 42.7 Å². The van der Waals surface area contributed by atoms with Crippen molar-refractivity contribution in [1.29, 1.82) is 0 Å². The minimum Gasteiger partial charge on any atom is -0.366 e. The van der Waals surface area contributed by atoms with Crippen LogP contribution in [0.5, 0.6) is 0 Å². The van der Waals surface area contributed by atoms with Crippen molar-refractivity contribution < 1.29 is 9.53 Å². The maximum atomic E-state index is 11.7. The molecule has 3 nitrogen and oxygen atoms in total. The van der Waals surface area contributed by atoms with E-state index in [1.807, 2.05) is 0 Å². The van der Waals surface area contributed by atoms with Gasteiger partial charge in [0.05, 0.1) is 11.6 Å². The van der Waals surface area contributed by atoms with Gasteiger partial charge >= 0.3 is 0 Å². The van der Waals surface area contributed by atoms with E-state index in [1.165, 1.54) is 17.5 Å². The van der Waals surface area contributed by atoms with Crippen molar-refractivity contribution in [2.24, 2.45) is 0 Å². The molecule has 0 bridgehead atoms. The van der Waals surface area contributed by atoms with Crippen molar-refractivity contribution in [2.45, 2.75) is 44.2 Å². The molecule has 0 spiro atoms. The van der Waals surface area contributed by atoms with E-state index in [4.69, 9.17) is 4.74 Å². The van der Waals surface area contributed by atoms with Gasteiger partial charge in [-0.05, 0) is 25.3 Å². The molecule has 1 heterocycles. The molecule has 1 saturated carbocycles. The van der Waals surface area contributed by atoms with Crippen LogP contribution in [-0.4, -0.2) is 18.6 Å². The normalized spacial score (nSPS) is 31.6. The lowest BCUT2D eigenvalue weighted by Gasteiger charge is -2.47. The molecule has 1 aliphatic carbocycles. The second kappa shape index (κ2) is 4.39. The van der Waals surface area contributed by atoms with E-state index in [1.54, 1.807) is 0 Å². The molecule has 0 aromatic heterocycles. The molecule has 96 valence electrons. The van der Waals surface area contributed by atoms with Crippen molar-refractivity contribution in [3.8, 4) is 0 Å². The lowest BCUT2D eigenvalue weighted by Crippen LogP contribution is -2.61. The molecule has 18 heavy (non-hydrogen) atoms. The minimum absolute atomic E-state index is 0.00894. The van der Waals surface area contributed by atoms with Crippen LogP contribution in [0.1, 0.15) is 36.8 Å². The molecule has 2 atom stereocenters. The number of amides is 1. The van der Waals surface area contributed by atoms with Crippen LogP contribution in [0.15, 0.2) is 24.3 Å². The van der Waals surface area contributed by atoms with Crippen LogP contribution in [0.4, 0.5) is 0 Å². The zero-order valence-electron chi connectivity index (χ0n) is 10.7. The first-order valence-electron chi connectivity index (χ1n) is 6.70. The highest BCUT2D eigenvalue weighted by Gasteiger charge is 2.47. The summed E-state index contributed by atoms with van der Waals surface area (Å²) < 4.78 is 5.78. The van der Waals surface area contributed by atoms with Gasteiger partial charge in [0.25, 0.3) is 0 Å². The molecular formula is C15H19NO2. The summed E-state index contributed by atoms with van der Waals surface area (Å²) in [6.07, 6.45) is 4.48. The third kappa shape index (κ3) is 1.83. The molecule has 0 radical (unpaired) electrons. The number of carbonyl (C=O) groups excluding carboxylic acids is 1. The van der Waals surface area contributed by atoms with Gasteiger partial charge in [0, 0.05) is 0 Å². The van der Waals surface area contributed by atoms with Crippen LogP contribution in [0.2, 0.25) is 0 Å². The summed E-state index contributed by atoms with van der Waals surface area (Å²) >= 11 is 0. The summed E-state index contributed by atoms with van der Waals surface area (Å²) in [5, 5.41) is 3.21. The monoisotopic (exact) mass is 245 g/mol. The van der Waals surface area contributed by atoms with Gasteiger partial charge in [-0.2, -0.15) is 0 Å². The number of morpholine rings is 1. The number of hydrogen-bond acceptors (Lipinski definition) is 2. The molecule has 1 amide bonds. The second-order valence-electron chi connectivity index (χ2n) is 5.43. The summed E-state index contributed by atoms with van der Waals surface area (Å²) in [6, 6.07) is 8.43. The molecule has 2 fully saturated rings. The van der Waals surface area contributed by atoms with Gasteiger partial charge < -0.3 is 10.1 Å². The molecule has 2 aliphatic rings. The summed E-state index contributed by atoms with van der Waals surface area (Å²) in [6.45, 7) is 2.29. The average Bonchev–Trinajstić information content (AvgIpc) is 2.38. The van der Waals surface area contributed by atoms with E-state index in [0.717, 1.165) is 19.3 Å². The number of aryl methyl sites for hydroxylation is 1. The first-order valence-corrected chi connectivity index (χ1v) is 6.70. The number of hydrogen-bond donors (Lipinski definition) is 1. The zero-order valence-corrected chi connectivity index (χ0v) is 10.7. The Bertz CT molecular complexity index is 471. The van der Waals surface area contributed by atoms with Crippen molar-refractivity contribution in [2.75, 3.05) is 6.61 Å². The highest BCUT2D eigenvalue weighted by atomic mass is 16.5. The molecule has 3 heteroatoms. The van der Waals surface area contributed by atoms with Crippen molar-refractivity contribution >= 4 is 5.91 Å². The minimum atomic E-state index is -0.292. The van der Waals surface area contributed by atoms with Crippen LogP contribution in [0.3, 0.4) is 0 Å². The smallest absolute Gasteiger partial charge is 0.246 e. The van der Waals surface area contributed by atoms with Crippen LogP contribution in [-0.2, 0) is 15.1 Å². The fraction of sp³-hybridized carbons (Fsp3) is 0.533. The van der Waals surface area contributed by atoms with Gasteiger partial charge in [-0.15, -0.1) is 0 Å². The summed E-state index contributed by atoms with van der Waals surface area (Å²) in [5.41, 5.74) is 2.13. The zero-order chi connectivity index (χ0) is 12.6. The largest absolute Gasteiger partial charge is 0.366 e. The maximum Gasteiger partial charge on any atom is 0.246 e. The summed E-state index contributed by atoms with van der Waals surface area (Å²) in [4.78, 5) is 11.7. The molecule has 3 rings (SSSR count). The first kappa shape index (κ1) is 11.7. The molecule has 1 aliphatic heterocycles. The molecule has 1 N–H and O–H groups in total. The number of ether oxygens (including phenoxy) is 1. The Hall–Kier alpha value is -1.35. The number of rotatable bonds is 1. The predicted molar refractivity (Wildman–Crippen MR) is 69.2 cm³/mol. The van der Waals surface area contributed by atoms with E-state index in [-0.39, 0.29) is 24.2 Å². The van der Waals surface area contributed by atoms with Gasteiger partial charge in [-0.25, -0.2) is 0 Å². The molecule has 1 aromatic carbocycles. The lowest BCUT2D eigenvalue weighted by molar-refractivity contribution is -0.148. The van der Waals surface area contributed by atoms with Crippen LogP contribution >= 0.6 is 0 Å². The SMILES string of the molecule is Cc1cccc(C23CCCCC2OCC(=O)N3)c1. The first-order chi connectivity index (χ1) is 8.71. The Morgan fingerprint density at radius 2 is 2.28 bits per heavy atom. The topological polar surface area (TPSA) is 38.3 Å². The molecule has 1 aromatic rings. The van der Waals surface area contributed by atoms with Crippen molar-refractivity contribution in [3.05, 3.63) is 35.4 Å². The predicted octanol–water partition coefficient (Wildman–Crippen LogP) is 2.28.